The Morgan fingerprint density at radius 3 is 0.854 bits per heavy atom. The fourth-order valence-electron chi connectivity index (χ4n) is 15.3. The molecule has 20 rings (SSSR count). The number of hydrogen-bond donors (Lipinski definition) is 0. The van der Waals surface area contributed by atoms with Gasteiger partial charge in [-0.2, -0.15) is 0 Å². The van der Waals surface area contributed by atoms with Crippen molar-refractivity contribution < 1.29 is 0 Å². The lowest BCUT2D eigenvalue weighted by atomic mass is 10.00. The third kappa shape index (κ3) is 9.06. The first-order valence-electron chi connectivity index (χ1n) is 33.0. The molecule has 0 saturated heterocycles. The van der Waals surface area contributed by atoms with Gasteiger partial charge in [0.1, 0.15) is 0 Å². The summed E-state index contributed by atoms with van der Waals surface area (Å²) in [6.07, 6.45) is 0. The Kier molecular flexibility index (Phi) is 12.9. The van der Waals surface area contributed by atoms with E-state index in [4.69, 9.17) is 0 Å². The van der Waals surface area contributed by atoms with Crippen LogP contribution in [0, 0.1) is 0 Å². The molecule has 0 unspecified atom stereocenters. The van der Waals surface area contributed by atoms with Crippen molar-refractivity contribution in [3.05, 3.63) is 364 Å². The Morgan fingerprint density at radius 1 is 0.125 bits per heavy atom. The van der Waals surface area contributed by atoms with Gasteiger partial charge in [-0.15, -0.1) is 0 Å². The molecule has 0 fully saturated rings. The molecule has 0 aliphatic carbocycles. The van der Waals surface area contributed by atoms with Gasteiger partial charge in [-0.1, -0.05) is 243 Å². The van der Waals surface area contributed by atoms with Crippen molar-refractivity contribution in [2.75, 3.05) is 0 Å². The summed E-state index contributed by atoms with van der Waals surface area (Å²) in [6.45, 7) is 0. The van der Waals surface area contributed by atoms with Crippen LogP contribution in [-0.4, -0.2) is 18.3 Å². The maximum Gasteiger partial charge on any atom is 0.0541 e. The highest BCUT2D eigenvalue weighted by Gasteiger charge is 2.20. The molecular formula is C92H60N4. The Morgan fingerprint density at radius 2 is 0.406 bits per heavy atom. The monoisotopic (exact) mass is 1220 g/mol. The minimum absolute atomic E-state index is 1.16. The van der Waals surface area contributed by atoms with E-state index in [1.54, 1.807) is 0 Å². The molecule has 4 aromatic heterocycles. The second-order valence-corrected chi connectivity index (χ2v) is 25.2. The van der Waals surface area contributed by atoms with Crippen LogP contribution in [0.15, 0.2) is 364 Å². The molecular weight excluding hydrogens is 1160 g/mol. The smallest absolute Gasteiger partial charge is 0.0541 e. The van der Waals surface area contributed by atoms with E-state index in [1.807, 2.05) is 0 Å². The Labute approximate surface area is 554 Å². The summed E-state index contributed by atoms with van der Waals surface area (Å²) in [5, 5.41) is 15.2. The van der Waals surface area contributed by atoms with Crippen molar-refractivity contribution in [1.29, 1.82) is 0 Å². The van der Waals surface area contributed by atoms with Crippen molar-refractivity contribution in [2.45, 2.75) is 0 Å². The molecule has 4 heterocycles. The molecule has 4 heteroatoms. The number of aromatic nitrogens is 4. The zero-order valence-electron chi connectivity index (χ0n) is 52.4. The first kappa shape index (κ1) is 54.9. The summed E-state index contributed by atoms with van der Waals surface area (Å²) in [7, 11) is 0. The molecule has 0 spiro atoms. The van der Waals surface area contributed by atoms with Crippen molar-refractivity contribution in [2.24, 2.45) is 0 Å². The van der Waals surface area contributed by atoms with Crippen molar-refractivity contribution in [3.8, 4) is 67.3 Å². The summed E-state index contributed by atoms with van der Waals surface area (Å²) in [6, 6.07) is 132. The first-order valence-corrected chi connectivity index (χ1v) is 33.0. The maximum atomic E-state index is 2.42. The van der Waals surface area contributed by atoms with Gasteiger partial charge in [0.05, 0.1) is 44.1 Å². The predicted octanol–water partition coefficient (Wildman–Crippen LogP) is 24.7. The number of nitrogens with zero attached hydrogens (tertiary/aromatic N) is 4. The van der Waals surface area contributed by atoms with Crippen LogP contribution in [0.2, 0.25) is 0 Å². The molecule has 0 N–H and O–H groups in total. The Balaban J connectivity index is 0.000000136. The van der Waals surface area contributed by atoms with Gasteiger partial charge in [0.25, 0.3) is 0 Å². The van der Waals surface area contributed by atoms with Crippen LogP contribution in [0.1, 0.15) is 0 Å². The van der Waals surface area contributed by atoms with Crippen LogP contribution < -0.4 is 0 Å². The fraction of sp³-hybridized carbons (Fsp3) is 0. The molecule has 0 amide bonds. The van der Waals surface area contributed by atoms with Crippen LogP contribution in [0.5, 0.6) is 0 Å². The van der Waals surface area contributed by atoms with E-state index in [9.17, 15) is 0 Å². The van der Waals surface area contributed by atoms with Crippen LogP contribution in [0.25, 0.3) is 176 Å². The summed E-state index contributed by atoms with van der Waals surface area (Å²) < 4.78 is 9.57. The summed E-state index contributed by atoms with van der Waals surface area (Å²) >= 11 is 0. The predicted molar refractivity (Wildman–Crippen MR) is 407 cm³/mol. The van der Waals surface area contributed by atoms with Crippen LogP contribution in [0.4, 0.5) is 0 Å². The molecule has 0 atom stereocenters. The quantitative estimate of drug-likeness (QED) is 0.135. The zero-order chi connectivity index (χ0) is 63.2. The fourth-order valence-corrected chi connectivity index (χ4v) is 15.3. The van der Waals surface area contributed by atoms with Gasteiger partial charge in [-0.25, -0.2) is 0 Å². The highest BCUT2D eigenvalue weighted by atomic mass is 15.0. The highest BCUT2D eigenvalue weighted by Crippen LogP contribution is 2.42. The molecule has 0 radical (unpaired) electrons. The molecule has 96 heavy (non-hydrogen) atoms. The lowest BCUT2D eigenvalue weighted by Gasteiger charge is -2.11. The summed E-state index contributed by atoms with van der Waals surface area (Å²) in [5.74, 6) is 0. The molecule has 448 valence electrons. The number of rotatable bonds is 8. The lowest BCUT2D eigenvalue weighted by Crippen LogP contribution is -1.94. The standard InChI is InChI=1S/C48H32N2.C44H28N2/c1-3-12-33(13-4-1)34-22-24-35(25-23-34)36-14-11-17-40(30-36)50-46-21-10-8-19-42(46)44-32-38(27-29-48(44)50)37-26-28-47-43(31-37)41-18-7-9-20-45(41)49(47)39-15-5-2-6-16-39;1-2-11-33(12-3-1)45-41-16-8-6-14-37(41)39-27-30(20-24-43(39)45)31-21-25-44-40(28-31)38-15-7-9-17-42(38)46(44)34-22-23-36-32(26-34)19-18-29-10-4-5-13-35(29)36/h1-32H;1-28H. The van der Waals surface area contributed by atoms with Crippen LogP contribution in [-0.2, 0) is 0 Å². The maximum absolute atomic E-state index is 2.42. The van der Waals surface area contributed by atoms with Gasteiger partial charge in [0.2, 0.25) is 0 Å². The summed E-state index contributed by atoms with van der Waals surface area (Å²) in [5.41, 5.74) is 24.2. The Bertz CT molecular complexity index is 6420. The van der Waals surface area contributed by atoms with Gasteiger partial charge < -0.3 is 18.3 Å². The normalized spacial score (nSPS) is 11.8. The van der Waals surface area contributed by atoms with E-state index >= 15 is 0 Å². The molecule has 16 aromatic carbocycles. The molecule has 0 saturated carbocycles. The van der Waals surface area contributed by atoms with E-state index < -0.39 is 0 Å². The van der Waals surface area contributed by atoms with E-state index in [0.717, 1.165) is 5.69 Å². The number of hydrogen-bond acceptors (Lipinski definition) is 0. The van der Waals surface area contributed by atoms with E-state index in [2.05, 4.69) is 382 Å². The van der Waals surface area contributed by atoms with Crippen LogP contribution >= 0.6 is 0 Å². The summed E-state index contributed by atoms with van der Waals surface area (Å²) in [4.78, 5) is 0. The molecule has 20 aromatic rings. The number of para-hydroxylation sites is 6. The van der Waals surface area contributed by atoms with Crippen molar-refractivity contribution in [1.82, 2.24) is 18.3 Å². The van der Waals surface area contributed by atoms with Gasteiger partial charge in [0.15, 0.2) is 0 Å². The number of fused-ring (bicyclic) bond motifs is 15. The van der Waals surface area contributed by atoms with E-state index in [-0.39, 0.29) is 0 Å². The SMILES string of the molecule is c1ccc(-c2ccc(-c3cccc(-n4c5ccccc5c5cc(-c6ccc7c(c6)c6ccccc6n7-c6ccccc6)ccc54)c3)cc2)cc1.c1ccc(-n2c3ccccc3c3cc(-c4ccc5c(c4)c4ccccc4n5-c4ccc5c(ccc6ccccc65)c4)ccc32)cc1. The Hall–Kier alpha value is -12.8. The highest BCUT2D eigenvalue weighted by molar-refractivity contribution is 6.16. The van der Waals surface area contributed by atoms with Gasteiger partial charge in [-0.05, 0) is 187 Å². The zero-order valence-corrected chi connectivity index (χ0v) is 52.4. The van der Waals surface area contributed by atoms with E-state index in [0.29, 0.717) is 0 Å². The topological polar surface area (TPSA) is 19.7 Å². The van der Waals surface area contributed by atoms with Crippen molar-refractivity contribution >= 4 is 109 Å². The van der Waals surface area contributed by atoms with Gasteiger partial charge >= 0.3 is 0 Å². The van der Waals surface area contributed by atoms with Gasteiger partial charge in [-0.3, -0.25) is 0 Å². The minimum Gasteiger partial charge on any atom is -0.309 e. The van der Waals surface area contributed by atoms with Crippen LogP contribution in [0.3, 0.4) is 0 Å². The lowest BCUT2D eigenvalue weighted by molar-refractivity contribution is 1.18. The van der Waals surface area contributed by atoms with E-state index in [1.165, 1.54) is 170 Å². The largest absolute Gasteiger partial charge is 0.309 e. The third-order valence-corrected chi connectivity index (χ3v) is 19.8. The minimum atomic E-state index is 1.16. The van der Waals surface area contributed by atoms with Crippen molar-refractivity contribution in [3.63, 3.8) is 0 Å². The molecule has 0 bridgehead atoms. The third-order valence-electron chi connectivity index (χ3n) is 19.8. The number of benzene rings is 16. The molecule has 0 aliphatic rings. The van der Waals surface area contributed by atoms with Gasteiger partial charge in [0, 0.05) is 65.8 Å². The first-order chi connectivity index (χ1) is 47.6. The second kappa shape index (κ2) is 22.5. The molecule has 4 nitrogen and oxygen atoms in total. The average Bonchev–Trinajstić information content (AvgIpc) is 1.59. The average molecular weight is 1220 g/mol. The molecule has 0 aliphatic heterocycles. The second-order valence-electron chi connectivity index (χ2n) is 25.2.